The van der Waals surface area contributed by atoms with Crippen LogP contribution in [0, 0.1) is 5.92 Å². The van der Waals surface area contributed by atoms with Gasteiger partial charge in [-0.2, -0.15) is 0 Å². The van der Waals surface area contributed by atoms with Crippen molar-refractivity contribution in [2.45, 2.75) is 52.0 Å². The maximum absolute atomic E-state index is 11.8. The number of hydrogen-bond donors (Lipinski definition) is 0. The van der Waals surface area contributed by atoms with E-state index >= 15 is 0 Å². The molecule has 0 radical (unpaired) electrons. The van der Waals surface area contributed by atoms with Crippen LogP contribution >= 0.6 is 0 Å². The van der Waals surface area contributed by atoms with Gasteiger partial charge in [0.1, 0.15) is 11.5 Å². The maximum atomic E-state index is 11.8. The normalized spacial score (nSPS) is 17.6. The van der Waals surface area contributed by atoms with E-state index in [2.05, 4.69) is 31.9 Å². The van der Waals surface area contributed by atoms with Gasteiger partial charge >= 0.3 is 5.97 Å². The average Bonchev–Trinajstić information content (AvgIpc) is 2.47. The van der Waals surface area contributed by atoms with Crippen LogP contribution < -0.4 is 4.74 Å². The lowest BCUT2D eigenvalue weighted by atomic mass is 9.74. The van der Waals surface area contributed by atoms with Gasteiger partial charge in [-0.1, -0.05) is 26.0 Å². The summed E-state index contributed by atoms with van der Waals surface area (Å²) in [5.74, 6) is 1.15. The van der Waals surface area contributed by atoms with E-state index in [9.17, 15) is 9.59 Å². The van der Waals surface area contributed by atoms with Gasteiger partial charge in [0, 0.05) is 31.8 Å². The Morgan fingerprint density at radius 3 is 2.52 bits per heavy atom. The van der Waals surface area contributed by atoms with Gasteiger partial charge in [0.05, 0.1) is 0 Å². The van der Waals surface area contributed by atoms with E-state index in [1.807, 2.05) is 12.1 Å². The number of nitrogens with zero attached hydrogens (tertiary/aromatic N) is 1. The molecule has 0 atom stereocenters. The summed E-state index contributed by atoms with van der Waals surface area (Å²) in [5, 5.41) is 0. The van der Waals surface area contributed by atoms with Crippen molar-refractivity contribution >= 4 is 11.8 Å². The monoisotopic (exact) mass is 317 g/mol. The lowest BCUT2D eigenvalue weighted by molar-refractivity contribution is -0.131. The highest BCUT2D eigenvalue weighted by Crippen LogP contribution is 2.42. The standard InChI is InChI=1S/C19H27NO3/c1-14(2)13-20(4)19(10-8-17(22)9-11-19)16-6-5-7-18(12-16)23-15(3)21/h5-7,12,14H,8-11,13H2,1-4H3. The van der Waals surface area contributed by atoms with Gasteiger partial charge < -0.3 is 4.74 Å². The summed E-state index contributed by atoms with van der Waals surface area (Å²) in [4.78, 5) is 25.3. The van der Waals surface area contributed by atoms with Crippen LogP contribution in [0.1, 0.15) is 52.0 Å². The van der Waals surface area contributed by atoms with Crippen LogP contribution in [0.4, 0.5) is 0 Å². The lowest BCUT2D eigenvalue weighted by Gasteiger charge is -2.45. The second kappa shape index (κ2) is 7.26. The molecule has 4 nitrogen and oxygen atoms in total. The predicted molar refractivity (Wildman–Crippen MR) is 90.4 cm³/mol. The van der Waals surface area contributed by atoms with Gasteiger partial charge in [0.15, 0.2) is 0 Å². The van der Waals surface area contributed by atoms with Crippen LogP contribution in [0.2, 0.25) is 0 Å². The summed E-state index contributed by atoms with van der Waals surface area (Å²) in [6.45, 7) is 6.78. The molecule has 0 N–H and O–H groups in total. The molecule has 0 heterocycles. The average molecular weight is 317 g/mol. The molecule has 2 rings (SSSR count). The van der Waals surface area contributed by atoms with Gasteiger partial charge in [-0.25, -0.2) is 0 Å². The summed E-state index contributed by atoms with van der Waals surface area (Å²) in [6, 6.07) is 7.76. The van der Waals surface area contributed by atoms with E-state index in [-0.39, 0.29) is 11.5 Å². The number of esters is 1. The molecule has 1 aliphatic rings. The van der Waals surface area contributed by atoms with E-state index in [0.717, 1.165) is 24.9 Å². The number of carbonyl (C=O) groups is 2. The van der Waals surface area contributed by atoms with E-state index in [1.54, 1.807) is 6.07 Å². The first-order valence-electron chi connectivity index (χ1n) is 8.35. The smallest absolute Gasteiger partial charge is 0.308 e. The molecule has 1 aromatic rings. The molecule has 23 heavy (non-hydrogen) atoms. The summed E-state index contributed by atoms with van der Waals surface area (Å²) in [7, 11) is 2.13. The Hall–Kier alpha value is -1.68. The molecule has 0 aliphatic heterocycles. The summed E-state index contributed by atoms with van der Waals surface area (Å²) in [6.07, 6.45) is 2.86. The molecule has 1 aromatic carbocycles. The van der Waals surface area contributed by atoms with Crippen molar-refractivity contribution in [2.75, 3.05) is 13.6 Å². The Balaban J connectivity index is 2.37. The first-order valence-corrected chi connectivity index (χ1v) is 8.35. The topological polar surface area (TPSA) is 46.6 Å². The molecular weight excluding hydrogens is 290 g/mol. The molecule has 0 spiro atoms. The second-order valence-electron chi connectivity index (χ2n) is 6.97. The highest BCUT2D eigenvalue weighted by atomic mass is 16.5. The molecule has 0 aromatic heterocycles. The van der Waals surface area contributed by atoms with Gasteiger partial charge in [-0.3, -0.25) is 14.5 Å². The molecule has 126 valence electrons. The van der Waals surface area contributed by atoms with Crippen molar-refractivity contribution < 1.29 is 14.3 Å². The summed E-state index contributed by atoms with van der Waals surface area (Å²) >= 11 is 0. The first-order chi connectivity index (χ1) is 10.8. The van der Waals surface area contributed by atoms with Crippen LogP contribution in [-0.4, -0.2) is 30.2 Å². The fourth-order valence-corrected chi connectivity index (χ4v) is 3.57. The minimum absolute atomic E-state index is 0.158. The molecular formula is C19H27NO3. The molecule has 0 unspecified atom stereocenters. The van der Waals surface area contributed by atoms with E-state index in [1.165, 1.54) is 6.92 Å². The van der Waals surface area contributed by atoms with Crippen molar-refractivity contribution in [3.63, 3.8) is 0 Å². The summed E-state index contributed by atoms with van der Waals surface area (Å²) < 4.78 is 5.25. The van der Waals surface area contributed by atoms with Gasteiger partial charge in [0.2, 0.25) is 0 Å². The minimum Gasteiger partial charge on any atom is -0.427 e. The third-order valence-corrected chi connectivity index (χ3v) is 4.64. The number of ketones is 1. The van der Waals surface area contributed by atoms with Crippen LogP contribution in [0.15, 0.2) is 24.3 Å². The number of Topliss-reactive ketones (excluding diaryl/α,β-unsaturated/α-hetero) is 1. The van der Waals surface area contributed by atoms with Crippen molar-refractivity contribution in [3.8, 4) is 5.75 Å². The van der Waals surface area contributed by atoms with Crippen molar-refractivity contribution in [1.82, 2.24) is 4.90 Å². The number of hydrogen-bond acceptors (Lipinski definition) is 4. The SMILES string of the molecule is CC(=O)Oc1cccc(C2(N(C)CC(C)C)CCC(=O)CC2)c1. The number of carbonyl (C=O) groups excluding carboxylic acids is 2. The minimum atomic E-state index is -0.314. The first kappa shape index (κ1) is 17.7. The third-order valence-electron chi connectivity index (χ3n) is 4.64. The van der Waals surface area contributed by atoms with Gasteiger partial charge in [0.25, 0.3) is 0 Å². The Bertz CT molecular complexity index is 570. The molecule has 1 saturated carbocycles. The molecule has 0 bridgehead atoms. The number of ether oxygens (including phenoxy) is 1. The Labute approximate surface area is 138 Å². The van der Waals surface area contributed by atoms with Crippen LogP contribution in [-0.2, 0) is 15.1 Å². The van der Waals surface area contributed by atoms with Crippen LogP contribution in [0.5, 0.6) is 5.75 Å². The molecule has 1 aliphatic carbocycles. The third kappa shape index (κ3) is 4.20. The van der Waals surface area contributed by atoms with E-state index in [0.29, 0.717) is 30.3 Å². The van der Waals surface area contributed by atoms with Gasteiger partial charge in [-0.05, 0) is 43.5 Å². The molecule has 1 fully saturated rings. The van der Waals surface area contributed by atoms with E-state index in [4.69, 9.17) is 4.74 Å². The zero-order valence-corrected chi connectivity index (χ0v) is 14.6. The second-order valence-corrected chi connectivity index (χ2v) is 6.97. The highest BCUT2D eigenvalue weighted by Gasteiger charge is 2.40. The molecule has 4 heteroatoms. The van der Waals surface area contributed by atoms with Crippen molar-refractivity contribution in [3.05, 3.63) is 29.8 Å². The molecule has 0 saturated heterocycles. The van der Waals surface area contributed by atoms with Crippen LogP contribution in [0.25, 0.3) is 0 Å². The Morgan fingerprint density at radius 2 is 1.96 bits per heavy atom. The fourth-order valence-electron chi connectivity index (χ4n) is 3.57. The quantitative estimate of drug-likeness (QED) is 0.615. The maximum Gasteiger partial charge on any atom is 0.308 e. The zero-order valence-electron chi connectivity index (χ0n) is 14.6. The number of rotatable bonds is 5. The van der Waals surface area contributed by atoms with E-state index < -0.39 is 0 Å². The Kier molecular flexibility index (Phi) is 5.58. The largest absolute Gasteiger partial charge is 0.427 e. The highest BCUT2D eigenvalue weighted by molar-refractivity contribution is 5.79. The Morgan fingerprint density at radius 1 is 1.30 bits per heavy atom. The summed E-state index contributed by atoms with van der Waals surface area (Å²) in [5.41, 5.74) is 0.973. The predicted octanol–water partition coefficient (Wildman–Crippen LogP) is 3.54. The fraction of sp³-hybridized carbons (Fsp3) is 0.579. The number of benzene rings is 1. The zero-order chi connectivity index (χ0) is 17.0. The van der Waals surface area contributed by atoms with Gasteiger partial charge in [-0.15, -0.1) is 0 Å². The van der Waals surface area contributed by atoms with Crippen molar-refractivity contribution in [1.29, 1.82) is 0 Å². The molecule has 0 amide bonds. The van der Waals surface area contributed by atoms with Crippen molar-refractivity contribution in [2.24, 2.45) is 5.92 Å². The van der Waals surface area contributed by atoms with Crippen LogP contribution in [0.3, 0.4) is 0 Å². The lowest BCUT2D eigenvalue weighted by Crippen LogP contribution is -2.48.